The number of rotatable bonds is 5. The molecule has 2 aromatic heterocycles. The molecule has 10 heteroatoms. The average Bonchev–Trinajstić information content (AvgIpc) is 3.45. The maximum absolute atomic E-state index is 14.8. The summed E-state index contributed by atoms with van der Waals surface area (Å²) in [4.78, 5) is 40.6. The molecule has 1 saturated heterocycles. The lowest BCUT2D eigenvalue weighted by atomic mass is 10.1. The molecule has 1 aliphatic heterocycles. The van der Waals surface area contributed by atoms with Gasteiger partial charge in [-0.25, -0.2) is 4.39 Å². The predicted octanol–water partition coefficient (Wildman–Crippen LogP) is 3.04. The van der Waals surface area contributed by atoms with E-state index in [-0.39, 0.29) is 30.2 Å². The SMILES string of the molecule is O=C(N[C@H]1COC[C@H]1NC(=O)c1ccc(-n2ccccc2=O)cc1F)c1cc2cc(Cl)ccc2[nH]1. The van der Waals surface area contributed by atoms with Crippen LogP contribution in [0, 0.1) is 5.82 Å². The number of halogens is 2. The Hall–Kier alpha value is -3.95. The molecule has 178 valence electrons. The van der Waals surface area contributed by atoms with Gasteiger partial charge in [-0.1, -0.05) is 17.7 Å². The van der Waals surface area contributed by atoms with Gasteiger partial charge in [0.1, 0.15) is 11.5 Å². The number of hydrogen-bond donors (Lipinski definition) is 3. The van der Waals surface area contributed by atoms with E-state index in [0.29, 0.717) is 16.4 Å². The minimum Gasteiger partial charge on any atom is -0.377 e. The van der Waals surface area contributed by atoms with Gasteiger partial charge in [0, 0.05) is 28.2 Å². The quantitative estimate of drug-likeness (QED) is 0.396. The molecule has 1 aliphatic rings. The van der Waals surface area contributed by atoms with E-state index in [4.69, 9.17) is 16.3 Å². The van der Waals surface area contributed by atoms with Crippen LogP contribution < -0.4 is 16.2 Å². The van der Waals surface area contributed by atoms with E-state index < -0.39 is 23.8 Å². The Kier molecular flexibility index (Phi) is 6.10. The first-order valence-corrected chi connectivity index (χ1v) is 11.2. The molecule has 1 fully saturated rings. The summed E-state index contributed by atoms with van der Waals surface area (Å²) in [6, 6.07) is 14.4. The number of nitrogens with zero attached hydrogens (tertiary/aromatic N) is 1. The van der Waals surface area contributed by atoms with Gasteiger partial charge >= 0.3 is 0 Å². The number of carbonyl (C=O) groups excluding carboxylic acids is 2. The molecule has 0 unspecified atom stereocenters. The summed E-state index contributed by atoms with van der Waals surface area (Å²) in [5.41, 5.74) is 0.922. The molecule has 0 aliphatic carbocycles. The van der Waals surface area contributed by atoms with E-state index in [0.717, 1.165) is 17.0 Å². The van der Waals surface area contributed by atoms with Gasteiger partial charge in [0.05, 0.1) is 36.5 Å². The molecule has 3 N–H and O–H groups in total. The van der Waals surface area contributed by atoms with Crippen molar-refractivity contribution in [3.05, 3.63) is 99.3 Å². The first kappa shape index (κ1) is 22.8. The Balaban J connectivity index is 1.28. The number of pyridine rings is 1. The lowest BCUT2D eigenvalue weighted by Crippen LogP contribution is -2.51. The van der Waals surface area contributed by atoms with Crippen molar-refractivity contribution in [1.29, 1.82) is 0 Å². The summed E-state index contributed by atoms with van der Waals surface area (Å²) in [7, 11) is 0. The number of hydrogen-bond acceptors (Lipinski definition) is 4. The van der Waals surface area contributed by atoms with Crippen LogP contribution in [-0.4, -0.2) is 46.7 Å². The fourth-order valence-corrected chi connectivity index (χ4v) is 4.22. The molecule has 0 bridgehead atoms. The summed E-state index contributed by atoms with van der Waals surface area (Å²) in [5.74, 6) is -1.78. The second kappa shape index (κ2) is 9.36. The van der Waals surface area contributed by atoms with Crippen LogP contribution in [0.4, 0.5) is 4.39 Å². The third-order valence-electron chi connectivity index (χ3n) is 5.84. The van der Waals surface area contributed by atoms with Gasteiger partial charge in [0.15, 0.2) is 0 Å². The summed E-state index contributed by atoms with van der Waals surface area (Å²) >= 11 is 6.01. The topological polar surface area (TPSA) is 105 Å². The number of aromatic amines is 1. The molecule has 2 aromatic carbocycles. The van der Waals surface area contributed by atoms with Crippen LogP contribution in [0.1, 0.15) is 20.8 Å². The molecule has 2 atom stereocenters. The average molecular weight is 495 g/mol. The van der Waals surface area contributed by atoms with Gasteiger partial charge in [0.2, 0.25) is 0 Å². The Bertz CT molecular complexity index is 1500. The van der Waals surface area contributed by atoms with Gasteiger partial charge in [-0.3, -0.25) is 19.0 Å². The van der Waals surface area contributed by atoms with Crippen molar-refractivity contribution >= 4 is 34.3 Å². The standard InChI is InChI=1S/C25H20ClFN4O4/c26-15-4-7-19-14(9-15)10-20(28-19)25(34)30-22-13-35-12-21(22)29-24(33)17-6-5-16(11-18(17)27)31-8-2-1-3-23(31)32/h1-11,21-22,28H,12-13H2,(H,29,33)(H,30,34)/t21-,22+/m1/s1. The van der Waals surface area contributed by atoms with Gasteiger partial charge in [-0.05, 0) is 48.5 Å². The number of H-pyrrole nitrogens is 1. The third kappa shape index (κ3) is 4.68. The van der Waals surface area contributed by atoms with Gasteiger partial charge in [-0.2, -0.15) is 0 Å². The number of nitrogens with one attached hydrogen (secondary N) is 3. The van der Waals surface area contributed by atoms with Crippen molar-refractivity contribution in [2.45, 2.75) is 12.1 Å². The van der Waals surface area contributed by atoms with Crippen LogP contribution in [0.3, 0.4) is 0 Å². The Morgan fingerprint density at radius 2 is 1.77 bits per heavy atom. The smallest absolute Gasteiger partial charge is 0.268 e. The number of carbonyl (C=O) groups is 2. The van der Waals surface area contributed by atoms with Crippen molar-refractivity contribution in [3.63, 3.8) is 0 Å². The largest absolute Gasteiger partial charge is 0.377 e. The summed E-state index contributed by atoms with van der Waals surface area (Å²) in [6.45, 7) is 0.360. The van der Waals surface area contributed by atoms with Gasteiger partial charge in [0.25, 0.3) is 17.4 Å². The normalized spacial score (nSPS) is 17.4. The first-order chi connectivity index (χ1) is 16.9. The molecule has 35 heavy (non-hydrogen) atoms. The van der Waals surface area contributed by atoms with Crippen molar-refractivity contribution in [2.24, 2.45) is 0 Å². The Morgan fingerprint density at radius 1 is 1.00 bits per heavy atom. The van der Waals surface area contributed by atoms with Crippen molar-refractivity contribution in [2.75, 3.05) is 13.2 Å². The zero-order valence-corrected chi connectivity index (χ0v) is 19.0. The number of fused-ring (bicyclic) bond motifs is 1. The van der Waals surface area contributed by atoms with E-state index in [1.165, 1.54) is 29.0 Å². The van der Waals surface area contributed by atoms with Crippen LogP contribution in [0.25, 0.3) is 16.6 Å². The molecule has 3 heterocycles. The van der Waals surface area contributed by atoms with Crippen LogP contribution in [0.2, 0.25) is 5.02 Å². The molecule has 0 radical (unpaired) electrons. The van der Waals surface area contributed by atoms with Gasteiger partial charge < -0.3 is 20.4 Å². The van der Waals surface area contributed by atoms with Crippen molar-refractivity contribution in [3.8, 4) is 5.69 Å². The zero-order valence-electron chi connectivity index (χ0n) is 18.3. The minimum atomic E-state index is -0.771. The van der Waals surface area contributed by atoms with E-state index in [1.54, 1.807) is 36.4 Å². The van der Waals surface area contributed by atoms with E-state index in [9.17, 15) is 18.8 Å². The second-order valence-corrected chi connectivity index (χ2v) is 8.62. The van der Waals surface area contributed by atoms with Crippen LogP contribution >= 0.6 is 11.6 Å². The second-order valence-electron chi connectivity index (χ2n) is 8.18. The number of aromatic nitrogens is 2. The molecule has 2 amide bonds. The van der Waals surface area contributed by atoms with Crippen molar-refractivity contribution in [1.82, 2.24) is 20.2 Å². The first-order valence-electron chi connectivity index (χ1n) is 10.8. The molecule has 0 spiro atoms. The minimum absolute atomic E-state index is 0.165. The fourth-order valence-electron chi connectivity index (χ4n) is 4.04. The maximum Gasteiger partial charge on any atom is 0.268 e. The van der Waals surface area contributed by atoms with E-state index in [2.05, 4.69) is 15.6 Å². The molecular formula is C25H20ClFN4O4. The maximum atomic E-state index is 14.8. The van der Waals surface area contributed by atoms with Crippen LogP contribution in [-0.2, 0) is 4.74 Å². The lowest BCUT2D eigenvalue weighted by molar-refractivity contribution is 0.0892. The highest BCUT2D eigenvalue weighted by atomic mass is 35.5. The van der Waals surface area contributed by atoms with Gasteiger partial charge in [-0.15, -0.1) is 0 Å². The monoisotopic (exact) mass is 494 g/mol. The summed E-state index contributed by atoms with van der Waals surface area (Å²) < 4.78 is 21.5. The highest BCUT2D eigenvalue weighted by Gasteiger charge is 2.32. The van der Waals surface area contributed by atoms with Crippen LogP contribution in [0.5, 0.6) is 0 Å². The summed E-state index contributed by atoms with van der Waals surface area (Å²) in [6.07, 6.45) is 1.52. The number of amides is 2. The molecule has 8 nitrogen and oxygen atoms in total. The van der Waals surface area contributed by atoms with E-state index in [1.807, 2.05) is 0 Å². The number of benzene rings is 2. The lowest BCUT2D eigenvalue weighted by Gasteiger charge is -2.20. The highest BCUT2D eigenvalue weighted by molar-refractivity contribution is 6.31. The number of ether oxygens (including phenoxy) is 1. The van der Waals surface area contributed by atoms with Crippen LogP contribution in [0.15, 0.2) is 71.7 Å². The van der Waals surface area contributed by atoms with E-state index >= 15 is 0 Å². The zero-order chi connectivity index (χ0) is 24.5. The third-order valence-corrected chi connectivity index (χ3v) is 6.07. The van der Waals surface area contributed by atoms with Crippen molar-refractivity contribution < 1.29 is 18.7 Å². The Morgan fingerprint density at radius 3 is 2.51 bits per heavy atom. The fraction of sp³-hybridized carbons (Fsp3) is 0.160. The molecule has 5 rings (SSSR count). The highest BCUT2D eigenvalue weighted by Crippen LogP contribution is 2.20. The molecule has 4 aromatic rings. The molecular weight excluding hydrogens is 475 g/mol. The summed E-state index contributed by atoms with van der Waals surface area (Å²) in [5, 5.41) is 6.95. The molecule has 0 saturated carbocycles. The predicted molar refractivity (Wildman–Crippen MR) is 129 cm³/mol. The Labute approximate surface area is 203 Å².